The van der Waals surface area contributed by atoms with Crippen molar-refractivity contribution in [1.29, 1.82) is 0 Å². The standard InChI is InChI=1S/C13H20N2O6S/c1-19-12(17)9-8-22-11(13(18)20-2)15(9)10(16)7-14-3-5-21-6-4-14/h9,11H,3-8H2,1-2H3/p+1/t9-,11-/m1/s1. The van der Waals surface area contributed by atoms with Crippen LogP contribution < -0.4 is 4.90 Å². The van der Waals surface area contributed by atoms with Crippen LogP contribution in [0.3, 0.4) is 0 Å². The Morgan fingerprint density at radius 3 is 2.41 bits per heavy atom. The molecule has 22 heavy (non-hydrogen) atoms. The molecule has 0 aromatic rings. The first-order chi connectivity index (χ1) is 10.6. The topological polar surface area (TPSA) is 86.6 Å². The molecule has 1 amide bonds. The van der Waals surface area contributed by atoms with Crippen LogP contribution in [0, 0.1) is 0 Å². The molecule has 0 unspecified atom stereocenters. The summed E-state index contributed by atoms with van der Waals surface area (Å²) in [5.41, 5.74) is 0. The molecule has 2 fully saturated rings. The second-order valence-electron chi connectivity index (χ2n) is 5.09. The first kappa shape index (κ1) is 17.0. The van der Waals surface area contributed by atoms with Crippen molar-refractivity contribution in [3.63, 3.8) is 0 Å². The predicted molar refractivity (Wildman–Crippen MR) is 77.3 cm³/mol. The zero-order chi connectivity index (χ0) is 16.1. The number of thioether (sulfide) groups is 1. The minimum Gasteiger partial charge on any atom is -0.467 e. The molecular formula is C13H21N2O6S+. The molecule has 8 nitrogen and oxygen atoms in total. The van der Waals surface area contributed by atoms with E-state index in [0.29, 0.717) is 19.0 Å². The molecule has 2 heterocycles. The molecule has 2 rings (SSSR count). The predicted octanol–water partition coefficient (Wildman–Crippen LogP) is -2.48. The maximum absolute atomic E-state index is 12.6. The van der Waals surface area contributed by atoms with Gasteiger partial charge < -0.3 is 24.0 Å². The molecular weight excluding hydrogens is 312 g/mol. The summed E-state index contributed by atoms with van der Waals surface area (Å²) in [6.07, 6.45) is 0. The Labute approximate surface area is 133 Å². The number of ether oxygens (including phenoxy) is 3. The van der Waals surface area contributed by atoms with Gasteiger partial charge in [-0.15, -0.1) is 11.8 Å². The Kier molecular flexibility index (Phi) is 6.04. The third-order valence-corrected chi connectivity index (χ3v) is 5.01. The molecule has 0 aromatic heterocycles. The van der Waals surface area contributed by atoms with Crippen LogP contribution in [0.25, 0.3) is 0 Å². The summed E-state index contributed by atoms with van der Waals surface area (Å²) in [6, 6.07) is -0.743. The van der Waals surface area contributed by atoms with E-state index in [-0.39, 0.29) is 12.5 Å². The monoisotopic (exact) mass is 333 g/mol. The quantitative estimate of drug-likeness (QED) is 0.570. The van der Waals surface area contributed by atoms with Gasteiger partial charge in [-0.25, -0.2) is 9.59 Å². The van der Waals surface area contributed by atoms with Gasteiger partial charge in [-0.05, 0) is 0 Å². The highest BCUT2D eigenvalue weighted by molar-refractivity contribution is 8.00. The molecule has 9 heteroatoms. The SMILES string of the molecule is COC(=O)[C@H]1CS[C@H](C(=O)OC)N1C(=O)C[NH+]1CCOCC1. The lowest BCUT2D eigenvalue weighted by Crippen LogP contribution is -3.15. The number of rotatable bonds is 4. The van der Waals surface area contributed by atoms with Crippen LogP contribution in [-0.4, -0.2) is 87.0 Å². The number of nitrogens with zero attached hydrogens (tertiary/aromatic N) is 1. The van der Waals surface area contributed by atoms with Crippen LogP contribution in [0.15, 0.2) is 0 Å². The maximum atomic E-state index is 12.6. The number of hydrogen-bond donors (Lipinski definition) is 1. The Morgan fingerprint density at radius 2 is 1.82 bits per heavy atom. The molecule has 0 aromatic carbocycles. The molecule has 0 radical (unpaired) electrons. The number of hydrogen-bond acceptors (Lipinski definition) is 7. The molecule has 0 saturated carbocycles. The van der Waals surface area contributed by atoms with E-state index in [1.807, 2.05) is 0 Å². The van der Waals surface area contributed by atoms with Crippen molar-refractivity contribution in [2.45, 2.75) is 11.4 Å². The van der Waals surface area contributed by atoms with Crippen LogP contribution in [0.2, 0.25) is 0 Å². The summed E-state index contributed by atoms with van der Waals surface area (Å²) in [4.78, 5) is 38.7. The number of amides is 1. The molecule has 2 saturated heterocycles. The minimum absolute atomic E-state index is 0.227. The van der Waals surface area contributed by atoms with E-state index >= 15 is 0 Å². The van der Waals surface area contributed by atoms with E-state index in [9.17, 15) is 14.4 Å². The van der Waals surface area contributed by atoms with Crippen molar-refractivity contribution in [2.75, 3.05) is 52.8 Å². The molecule has 0 bridgehead atoms. The maximum Gasteiger partial charge on any atom is 0.339 e. The van der Waals surface area contributed by atoms with Crippen molar-refractivity contribution in [1.82, 2.24) is 4.90 Å². The Bertz CT molecular complexity index is 416. The van der Waals surface area contributed by atoms with E-state index in [0.717, 1.165) is 18.0 Å². The summed E-state index contributed by atoms with van der Waals surface area (Å²) in [5, 5.41) is -0.790. The normalized spacial score (nSPS) is 25.8. The van der Waals surface area contributed by atoms with Crippen molar-refractivity contribution in [3.8, 4) is 0 Å². The van der Waals surface area contributed by atoms with Gasteiger partial charge in [-0.3, -0.25) is 4.79 Å². The molecule has 1 N–H and O–H groups in total. The molecule has 2 atom stereocenters. The largest absolute Gasteiger partial charge is 0.467 e. The molecule has 0 aliphatic carbocycles. The highest BCUT2D eigenvalue weighted by Crippen LogP contribution is 2.30. The number of morpholine rings is 1. The number of carbonyl (C=O) groups is 3. The summed E-state index contributed by atoms with van der Waals surface area (Å²) in [5.74, 6) is -0.949. The van der Waals surface area contributed by atoms with Gasteiger partial charge in [0.25, 0.3) is 5.91 Å². The number of methoxy groups -OCH3 is 2. The van der Waals surface area contributed by atoms with Gasteiger partial charge in [-0.2, -0.15) is 0 Å². The number of nitrogens with one attached hydrogen (secondary N) is 1. The van der Waals surface area contributed by atoms with Gasteiger partial charge >= 0.3 is 11.9 Å². The van der Waals surface area contributed by atoms with Gasteiger partial charge in [0.2, 0.25) is 0 Å². The number of esters is 2. The smallest absolute Gasteiger partial charge is 0.339 e. The zero-order valence-electron chi connectivity index (χ0n) is 12.7. The Balaban J connectivity index is 2.10. The second kappa shape index (κ2) is 7.80. The van der Waals surface area contributed by atoms with E-state index in [1.54, 1.807) is 0 Å². The second-order valence-corrected chi connectivity index (χ2v) is 6.20. The minimum atomic E-state index is -0.790. The zero-order valence-corrected chi connectivity index (χ0v) is 13.5. The summed E-state index contributed by atoms with van der Waals surface area (Å²) in [6.45, 7) is 2.92. The fourth-order valence-electron chi connectivity index (χ4n) is 2.55. The van der Waals surface area contributed by atoms with Crippen LogP contribution >= 0.6 is 11.8 Å². The lowest BCUT2D eigenvalue weighted by Gasteiger charge is -2.29. The number of carbonyl (C=O) groups excluding carboxylic acids is 3. The van der Waals surface area contributed by atoms with Crippen LogP contribution in [-0.2, 0) is 28.6 Å². The van der Waals surface area contributed by atoms with Crippen molar-refractivity contribution in [2.24, 2.45) is 0 Å². The van der Waals surface area contributed by atoms with Crippen LogP contribution in [0.5, 0.6) is 0 Å². The van der Waals surface area contributed by atoms with E-state index in [1.165, 1.54) is 30.9 Å². The fourth-order valence-corrected chi connectivity index (χ4v) is 3.87. The van der Waals surface area contributed by atoms with Crippen molar-refractivity contribution in [3.05, 3.63) is 0 Å². The Morgan fingerprint density at radius 1 is 1.18 bits per heavy atom. The van der Waals surface area contributed by atoms with Gasteiger partial charge in [0.05, 0.1) is 27.4 Å². The summed E-state index contributed by atoms with van der Waals surface area (Å²) < 4.78 is 14.7. The first-order valence-corrected chi connectivity index (χ1v) is 8.13. The van der Waals surface area contributed by atoms with Gasteiger partial charge in [0.1, 0.15) is 19.1 Å². The van der Waals surface area contributed by atoms with E-state index in [2.05, 4.69) is 0 Å². The molecule has 0 spiro atoms. The molecule has 2 aliphatic rings. The van der Waals surface area contributed by atoms with E-state index in [4.69, 9.17) is 14.2 Å². The average Bonchev–Trinajstić information content (AvgIpc) is 2.99. The first-order valence-electron chi connectivity index (χ1n) is 7.08. The van der Waals surface area contributed by atoms with Gasteiger partial charge in [0.15, 0.2) is 11.9 Å². The third-order valence-electron chi connectivity index (χ3n) is 3.77. The fraction of sp³-hybridized carbons (Fsp3) is 0.769. The lowest BCUT2D eigenvalue weighted by atomic mass is 10.2. The molecule has 2 aliphatic heterocycles. The van der Waals surface area contributed by atoms with Gasteiger partial charge in [0, 0.05) is 5.75 Å². The summed E-state index contributed by atoms with van der Waals surface area (Å²) in [7, 11) is 2.54. The van der Waals surface area contributed by atoms with Gasteiger partial charge in [-0.1, -0.05) is 0 Å². The van der Waals surface area contributed by atoms with E-state index < -0.39 is 23.4 Å². The van der Waals surface area contributed by atoms with Crippen molar-refractivity contribution >= 4 is 29.6 Å². The van der Waals surface area contributed by atoms with Crippen LogP contribution in [0.1, 0.15) is 0 Å². The Hall–Kier alpha value is -1.32. The highest BCUT2D eigenvalue weighted by atomic mass is 32.2. The molecule has 124 valence electrons. The number of quaternary nitrogens is 1. The lowest BCUT2D eigenvalue weighted by molar-refractivity contribution is -0.900. The third kappa shape index (κ3) is 3.71. The van der Waals surface area contributed by atoms with Crippen molar-refractivity contribution < 1.29 is 33.5 Å². The highest BCUT2D eigenvalue weighted by Gasteiger charge is 2.47. The average molecular weight is 333 g/mol. The summed E-state index contributed by atoms with van der Waals surface area (Å²) >= 11 is 1.22. The van der Waals surface area contributed by atoms with Crippen LogP contribution in [0.4, 0.5) is 0 Å².